The highest BCUT2D eigenvalue weighted by atomic mass is 35.5. The first-order chi connectivity index (χ1) is 12.5. The second-order valence-corrected chi connectivity index (χ2v) is 7.58. The molecule has 0 spiro atoms. The van der Waals surface area contributed by atoms with E-state index in [-0.39, 0.29) is 22.8 Å². The Hall–Kier alpha value is -1.66. The van der Waals surface area contributed by atoms with Crippen LogP contribution < -0.4 is 10.6 Å². The van der Waals surface area contributed by atoms with Crippen LogP contribution in [0, 0.1) is 17.7 Å². The Bertz CT molecular complexity index is 656. The molecule has 2 amide bonds. The van der Waals surface area contributed by atoms with Gasteiger partial charge < -0.3 is 15.5 Å². The smallest absolute Gasteiger partial charge is 0.227 e. The molecule has 0 unspecified atom stereocenters. The van der Waals surface area contributed by atoms with Crippen LogP contribution in [0.15, 0.2) is 18.2 Å². The van der Waals surface area contributed by atoms with Crippen molar-refractivity contribution in [2.45, 2.75) is 32.1 Å². The third-order valence-corrected chi connectivity index (χ3v) is 5.61. The van der Waals surface area contributed by atoms with Crippen LogP contribution in [0.2, 0.25) is 5.02 Å². The molecule has 2 heterocycles. The van der Waals surface area contributed by atoms with Crippen LogP contribution in [0.25, 0.3) is 0 Å². The number of nitrogens with zero attached hydrogens (tertiary/aromatic N) is 1. The number of carbonyl (C=O) groups excluding carboxylic acids is 2. The van der Waals surface area contributed by atoms with Crippen molar-refractivity contribution in [2.24, 2.45) is 11.8 Å². The topological polar surface area (TPSA) is 61.4 Å². The number of hydrogen-bond donors (Lipinski definition) is 2. The van der Waals surface area contributed by atoms with E-state index in [2.05, 4.69) is 10.6 Å². The minimum atomic E-state index is -0.501. The minimum absolute atomic E-state index is 0.00250. The van der Waals surface area contributed by atoms with E-state index in [0.29, 0.717) is 18.0 Å². The highest BCUT2D eigenvalue weighted by Crippen LogP contribution is 2.25. The monoisotopic (exact) mass is 381 g/mol. The Balaban J connectivity index is 1.38. The number of piperidine rings is 1. The van der Waals surface area contributed by atoms with Gasteiger partial charge in [-0.2, -0.15) is 0 Å². The Labute approximate surface area is 158 Å². The summed E-state index contributed by atoms with van der Waals surface area (Å²) in [5.41, 5.74) is 0.506. The SMILES string of the molecule is O=C(CCC1CCN(C(=O)[C@@H]2CCNC2)CC1)Nc1ccc(F)c(Cl)c1. The average molecular weight is 382 g/mol. The summed E-state index contributed by atoms with van der Waals surface area (Å²) in [5, 5.41) is 5.99. The van der Waals surface area contributed by atoms with Crippen LogP contribution in [0.3, 0.4) is 0 Å². The zero-order chi connectivity index (χ0) is 18.5. The van der Waals surface area contributed by atoms with Crippen molar-refractivity contribution in [3.05, 3.63) is 29.0 Å². The summed E-state index contributed by atoms with van der Waals surface area (Å²) in [6.07, 6.45) is 4.04. The maximum atomic E-state index is 13.1. The number of benzene rings is 1. The summed E-state index contributed by atoms with van der Waals surface area (Å²) in [6, 6.07) is 4.16. The first-order valence-corrected chi connectivity index (χ1v) is 9.65. The maximum absolute atomic E-state index is 13.1. The second kappa shape index (κ2) is 8.82. The zero-order valence-electron chi connectivity index (χ0n) is 14.8. The van der Waals surface area contributed by atoms with Crippen molar-refractivity contribution in [2.75, 3.05) is 31.5 Å². The first kappa shape index (κ1) is 19.1. The van der Waals surface area contributed by atoms with E-state index in [1.807, 2.05) is 4.90 Å². The van der Waals surface area contributed by atoms with E-state index in [0.717, 1.165) is 51.9 Å². The molecule has 3 rings (SSSR count). The molecule has 2 N–H and O–H groups in total. The van der Waals surface area contributed by atoms with E-state index >= 15 is 0 Å². The van der Waals surface area contributed by atoms with E-state index in [9.17, 15) is 14.0 Å². The van der Waals surface area contributed by atoms with Gasteiger partial charge in [-0.25, -0.2) is 4.39 Å². The lowest BCUT2D eigenvalue weighted by Gasteiger charge is -2.33. The number of hydrogen-bond acceptors (Lipinski definition) is 3. The van der Waals surface area contributed by atoms with Crippen molar-refractivity contribution in [1.29, 1.82) is 0 Å². The second-order valence-electron chi connectivity index (χ2n) is 7.17. The lowest BCUT2D eigenvalue weighted by Crippen LogP contribution is -2.42. The Morgan fingerprint density at radius 3 is 2.69 bits per heavy atom. The standard InChI is InChI=1S/C19H25ClFN3O2/c20-16-11-15(2-3-17(16)21)23-18(25)4-1-13-6-9-24(10-7-13)19(26)14-5-8-22-12-14/h2-3,11,13-14,22H,1,4-10,12H2,(H,23,25)/t14-/m1/s1. The predicted molar refractivity (Wildman–Crippen MR) is 99.6 cm³/mol. The normalized spacial score (nSPS) is 21.0. The number of likely N-dealkylation sites (tertiary alicyclic amines) is 1. The fourth-order valence-corrected chi connectivity index (χ4v) is 3.88. The lowest BCUT2D eigenvalue weighted by molar-refractivity contribution is -0.136. The molecule has 0 aromatic heterocycles. The molecule has 0 radical (unpaired) electrons. The number of carbonyl (C=O) groups is 2. The van der Waals surface area contributed by atoms with Gasteiger partial charge in [0, 0.05) is 31.7 Å². The van der Waals surface area contributed by atoms with Crippen molar-refractivity contribution in [3.8, 4) is 0 Å². The fraction of sp³-hybridized carbons (Fsp3) is 0.579. The average Bonchev–Trinajstić information content (AvgIpc) is 3.18. The van der Waals surface area contributed by atoms with Crippen LogP contribution >= 0.6 is 11.6 Å². The summed E-state index contributed by atoms with van der Waals surface area (Å²) >= 11 is 5.72. The maximum Gasteiger partial charge on any atom is 0.227 e. The number of halogens is 2. The lowest BCUT2D eigenvalue weighted by atomic mass is 9.91. The minimum Gasteiger partial charge on any atom is -0.342 e. The fourth-order valence-electron chi connectivity index (χ4n) is 3.70. The van der Waals surface area contributed by atoms with Gasteiger partial charge in [-0.05, 0) is 56.3 Å². The Kier molecular flexibility index (Phi) is 6.48. The number of anilines is 1. The summed E-state index contributed by atoms with van der Waals surface area (Å²) in [4.78, 5) is 26.5. The molecule has 1 aromatic rings. The largest absolute Gasteiger partial charge is 0.342 e. The van der Waals surface area contributed by atoms with Crippen LogP contribution in [0.5, 0.6) is 0 Å². The van der Waals surface area contributed by atoms with Gasteiger partial charge in [0.15, 0.2) is 0 Å². The van der Waals surface area contributed by atoms with Gasteiger partial charge in [0.05, 0.1) is 10.9 Å². The molecule has 0 bridgehead atoms. The Morgan fingerprint density at radius 2 is 2.04 bits per heavy atom. The van der Waals surface area contributed by atoms with E-state index in [1.54, 1.807) is 0 Å². The quantitative estimate of drug-likeness (QED) is 0.824. The van der Waals surface area contributed by atoms with Gasteiger partial charge in [0.25, 0.3) is 0 Å². The summed E-state index contributed by atoms with van der Waals surface area (Å²) in [6.45, 7) is 3.30. The summed E-state index contributed by atoms with van der Waals surface area (Å²) in [5.74, 6) is 0.283. The first-order valence-electron chi connectivity index (χ1n) is 9.27. The van der Waals surface area contributed by atoms with E-state index in [1.165, 1.54) is 18.2 Å². The number of amides is 2. The van der Waals surface area contributed by atoms with Gasteiger partial charge in [-0.3, -0.25) is 9.59 Å². The van der Waals surface area contributed by atoms with Crippen molar-refractivity contribution in [1.82, 2.24) is 10.2 Å². The van der Waals surface area contributed by atoms with Gasteiger partial charge in [0.1, 0.15) is 5.82 Å². The van der Waals surface area contributed by atoms with Crippen LogP contribution in [0.1, 0.15) is 32.1 Å². The molecule has 1 aromatic carbocycles. The number of nitrogens with one attached hydrogen (secondary N) is 2. The Morgan fingerprint density at radius 1 is 1.27 bits per heavy atom. The summed E-state index contributed by atoms with van der Waals surface area (Å²) < 4.78 is 13.1. The molecular formula is C19H25ClFN3O2. The predicted octanol–water partition coefficient (Wildman–Crippen LogP) is 3.05. The molecular weight excluding hydrogens is 357 g/mol. The third-order valence-electron chi connectivity index (χ3n) is 5.32. The molecule has 0 aliphatic carbocycles. The van der Waals surface area contributed by atoms with Crippen LogP contribution in [-0.4, -0.2) is 42.9 Å². The zero-order valence-corrected chi connectivity index (χ0v) is 15.5. The molecule has 2 aliphatic rings. The molecule has 7 heteroatoms. The molecule has 2 aliphatic heterocycles. The third kappa shape index (κ3) is 4.95. The van der Waals surface area contributed by atoms with Crippen molar-refractivity contribution in [3.63, 3.8) is 0 Å². The molecule has 5 nitrogen and oxygen atoms in total. The van der Waals surface area contributed by atoms with Crippen molar-refractivity contribution >= 4 is 29.1 Å². The van der Waals surface area contributed by atoms with Crippen molar-refractivity contribution < 1.29 is 14.0 Å². The van der Waals surface area contributed by atoms with Gasteiger partial charge >= 0.3 is 0 Å². The highest BCUT2D eigenvalue weighted by Gasteiger charge is 2.29. The molecule has 26 heavy (non-hydrogen) atoms. The highest BCUT2D eigenvalue weighted by molar-refractivity contribution is 6.31. The van der Waals surface area contributed by atoms with Crippen LogP contribution in [0.4, 0.5) is 10.1 Å². The molecule has 1 atom stereocenters. The molecule has 2 saturated heterocycles. The van der Waals surface area contributed by atoms with E-state index in [4.69, 9.17) is 11.6 Å². The van der Waals surface area contributed by atoms with Crippen LogP contribution in [-0.2, 0) is 9.59 Å². The number of rotatable bonds is 5. The van der Waals surface area contributed by atoms with Gasteiger partial charge in [-0.1, -0.05) is 11.6 Å². The molecule has 0 saturated carbocycles. The van der Waals surface area contributed by atoms with Gasteiger partial charge in [-0.15, -0.1) is 0 Å². The molecule has 142 valence electrons. The van der Waals surface area contributed by atoms with Gasteiger partial charge in [0.2, 0.25) is 11.8 Å². The summed E-state index contributed by atoms with van der Waals surface area (Å²) in [7, 11) is 0. The molecule has 2 fully saturated rings. The van der Waals surface area contributed by atoms with E-state index < -0.39 is 5.82 Å².